The fourth-order valence-electron chi connectivity index (χ4n) is 2.93. The highest BCUT2D eigenvalue weighted by Gasteiger charge is 2.16. The molecular formula is C19H21N3O3S. The minimum absolute atomic E-state index is 0.135. The Morgan fingerprint density at radius 1 is 1.15 bits per heavy atom. The van der Waals surface area contributed by atoms with E-state index in [1.807, 2.05) is 39.0 Å². The van der Waals surface area contributed by atoms with Gasteiger partial charge >= 0.3 is 5.69 Å². The minimum Gasteiger partial charge on any atom is -0.324 e. The average molecular weight is 371 g/mol. The van der Waals surface area contributed by atoms with Gasteiger partial charge in [-0.3, -0.25) is 18.7 Å². The Morgan fingerprint density at radius 2 is 1.92 bits per heavy atom. The molecule has 1 N–H and O–H groups in total. The van der Waals surface area contributed by atoms with Crippen LogP contribution in [0.3, 0.4) is 0 Å². The molecule has 3 aromatic rings. The van der Waals surface area contributed by atoms with E-state index >= 15 is 0 Å². The van der Waals surface area contributed by atoms with Gasteiger partial charge < -0.3 is 5.32 Å². The van der Waals surface area contributed by atoms with Crippen LogP contribution in [0, 0.1) is 13.8 Å². The molecule has 2 heterocycles. The van der Waals surface area contributed by atoms with Crippen molar-refractivity contribution in [1.29, 1.82) is 0 Å². The second-order valence-corrected chi connectivity index (χ2v) is 7.17. The van der Waals surface area contributed by atoms with Gasteiger partial charge in [-0.05, 0) is 48.9 Å². The number of aromatic nitrogens is 2. The Hall–Kier alpha value is -2.67. The monoisotopic (exact) mass is 371 g/mol. The smallest absolute Gasteiger partial charge is 0.324 e. The van der Waals surface area contributed by atoms with Crippen molar-refractivity contribution in [1.82, 2.24) is 9.13 Å². The Labute approximate surface area is 154 Å². The van der Waals surface area contributed by atoms with E-state index in [9.17, 15) is 14.4 Å². The number of hydrogen-bond acceptors (Lipinski definition) is 4. The van der Waals surface area contributed by atoms with Gasteiger partial charge in [0.05, 0.1) is 5.52 Å². The molecule has 6 nitrogen and oxygen atoms in total. The molecular weight excluding hydrogens is 350 g/mol. The van der Waals surface area contributed by atoms with Crippen LogP contribution in [0.4, 0.5) is 5.69 Å². The van der Waals surface area contributed by atoms with Crippen molar-refractivity contribution in [2.24, 2.45) is 0 Å². The summed E-state index contributed by atoms with van der Waals surface area (Å²) in [6.07, 6.45) is 0.667. The van der Waals surface area contributed by atoms with Crippen LogP contribution in [-0.2, 0) is 17.9 Å². The summed E-state index contributed by atoms with van der Waals surface area (Å²) in [4.78, 5) is 37.8. The Morgan fingerprint density at radius 3 is 2.65 bits per heavy atom. The molecule has 26 heavy (non-hydrogen) atoms. The van der Waals surface area contributed by atoms with Crippen molar-refractivity contribution in [3.63, 3.8) is 0 Å². The number of fused-ring (bicyclic) bond motifs is 1. The third kappa shape index (κ3) is 3.22. The van der Waals surface area contributed by atoms with Crippen LogP contribution in [0.5, 0.6) is 0 Å². The van der Waals surface area contributed by atoms with E-state index in [1.54, 1.807) is 11.4 Å². The number of thiophene rings is 1. The van der Waals surface area contributed by atoms with Gasteiger partial charge in [-0.15, -0.1) is 11.3 Å². The van der Waals surface area contributed by atoms with Gasteiger partial charge in [-0.1, -0.05) is 19.1 Å². The third-order valence-electron chi connectivity index (χ3n) is 4.46. The second kappa shape index (κ2) is 7.29. The molecule has 0 saturated carbocycles. The lowest BCUT2D eigenvalue weighted by molar-refractivity contribution is -0.116. The molecule has 0 bridgehead atoms. The number of carbonyl (C=O) groups is 1. The topological polar surface area (TPSA) is 73.1 Å². The highest BCUT2D eigenvalue weighted by atomic mass is 32.1. The van der Waals surface area contributed by atoms with Crippen molar-refractivity contribution >= 4 is 33.1 Å². The van der Waals surface area contributed by atoms with Gasteiger partial charge in [0.15, 0.2) is 0 Å². The highest BCUT2D eigenvalue weighted by molar-refractivity contribution is 7.17. The summed E-state index contributed by atoms with van der Waals surface area (Å²) in [7, 11) is 0. The van der Waals surface area contributed by atoms with Gasteiger partial charge in [-0.2, -0.15) is 0 Å². The van der Waals surface area contributed by atoms with Crippen molar-refractivity contribution in [3.8, 4) is 0 Å². The average Bonchev–Trinajstić information content (AvgIpc) is 3.09. The van der Waals surface area contributed by atoms with Crippen molar-refractivity contribution < 1.29 is 4.79 Å². The molecule has 0 saturated heterocycles. The van der Waals surface area contributed by atoms with Crippen LogP contribution in [0.15, 0.2) is 39.2 Å². The van der Waals surface area contributed by atoms with Gasteiger partial charge in [0.2, 0.25) is 5.91 Å². The number of aryl methyl sites for hydroxylation is 1. The number of amides is 1. The van der Waals surface area contributed by atoms with Gasteiger partial charge in [0.1, 0.15) is 11.2 Å². The zero-order chi connectivity index (χ0) is 18.8. The molecule has 0 spiro atoms. The summed E-state index contributed by atoms with van der Waals surface area (Å²) in [5, 5.41) is 4.63. The maximum absolute atomic E-state index is 12.8. The first kappa shape index (κ1) is 18.1. The molecule has 0 radical (unpaired) electrons. The molecule has 0 unspecified atom stereocenters. The summed E-state index contributed by atoms with van der Waals surface area (Å²) < 4.78 is 3.09. The predicted octanol–water partition coefficient (Wildman–Crippen LogP) is 2.89. The number of hydrogen-bond donors (Lipinski definition) is 1. The first-order valence-electron chi connectivity index (χ1n) is 8.51. The van der Waals surface area contributed by atoms with Crippen LogP contribution < -0.4 is 16.6 Å². The maximum Gasteiger partial charge on any atom is 0.332 e. The lowest BCUT2D eigenvalue weighted by Crippen LogP contribution is -2.41. The van der Waals surface area contributed by atoms with Gasteiger partial charge in [0, 0.05) is 12.2 Å². The predicted molar refractivity (Wildman–Crippen MR) is 105 cm³/mol. The molecule has 7 heteroatoms. The number of nitrogens with one attached hydrogen (secondary N) is 1. The first-order valence-corrected chi connectivity index (χ1v) is 9.39. The third-order valence-corrected chi connectivity index (χ3v) is 5.36. The van der Waals surface area contributed by atoms with Gasteiger partial charge in [-0.25, -0.2) is 4.79 Å². The summed E-state index contributed by atoms with van der Waals surface area (Å²) in [5.41, 5.74) is 2.58. The van der Waals surface area contributed by atoms with Gasteiger partial charge in [0.25, 0.3) is 5.56 Å². The molecule has 0 atom stereocenters. The fraction of sp³-hybridized carbons (Fsp3) is 0.316. The molecule has 3 rings (SSSR count). The zero-order valence-electron chi connectivity index (χ0n) is 15.0. The number of rotatable bonds is 5. The molecule has 2 aromatic heterocycles. The summed E-state index contributed by atoms with van der Waals surface area (Å²) in [5.74, 6) is -0.296. The van der Waals surface area contributed by atoms with E-state index < -0.39 is 5.69 Å². The van der Waals surface area contributed by atoms with E-state index in [4.69, 9.17) is 0 Å². The largest absolute Gasteiger partial charge is 0.332 e. The summed E-state index contributed by atoms with van der Waals surface area (Å²) in [6.45, 7) is 6.02. The molecule has 0 aliphatic rings. The van der Waals surface area contributed by atoms with E-state index in [-0.39, 0.29) is 18.0 Å². The fourth-order valence-corrected chi connectivity index (χ4v) is 3.77. The molecule has 1 amide bonds. The summed E-state index contributed by atoms with van der Waals surface area (Å²) in [6, 6.07) is 7.40. The lowest BCUT2D eigenvalue weighted by Gasteiger charge is -2.13. The summed E-state index contributed by atoms with van der Waals surface area (Å²) >= 11 is 1.29. The van der Waals surface area contributed by atoms with E-state index in [2.05, 4.69) is 5.32 Å². The van der Waals surface area contributed by atoms with Crippen LogP contribution >= 0.6 is 11.3 Å². The first-order chi connectivity index (χ1) is 12.4. The van der Waals surface area contributed by atoms with E-state index in [0.29, 0.717) is 23.2 Å². The SMILES string of the molecule is CCCn1c(=O)c2sccc2n(CC(=O)Nc2cccc(C)c2C)c1=O. The normalized spacial score (nSPS) is 11.0. The number of carbonyl (C=O) groups excluding carboxylic acids is 1. The molecule has 0 aliphatic heterocycles. The number of nitrogens with zero attached hydrogens (tertiary/aromatic N) is 2. The van der Waals surface area contributed by atoms with Crippen molar-refractivity contribution in [2.75, 3.05) is 5.32 Å². The molecule has 0 aliphatic carbocycles. The second-order valence-electron chi connectivity index (χ2n) is 6.26. The molecule has 1 aromatic carbocycles. The van der Waals surface area contributed by atoms with Crippen LogP contribution in [0.1, 0.15) is 24.5 Å². The number of anilines is 1. The Bertz CT molecular complexity index is 1090. The molecule has 136 valence electrons. The maximum atomic E-state index is 12.8. The van der Waals surface area contributed by atoms with Crippen LogP contribution in [0.2, 0.25) is 0 Å². The minimum atomic E-state index is -0.445. The standard InChI is InChI=1S/C19H21N3O3S/c1-4-9-21-18(24)17-15(8-10-26-17)22(19(21)25)11-16(23)20-14-7-5-6-12(2)13(14)3/h5-8,10H,4,9,11H2,1-3H3,(H,20,23). The van der Waals surface area contributed by atoms with E-state index in [1.165, 1.54) is 20.5 Å². The van der Waals surface area contributed by atoms with Crippen LogP contribution in [-0.4, -0.2) is 15.0 Å². The quantitative estimate of drug-likeness (QED) is 0.749. The zero-order valence-corrected chi connectivity index (χ0v) is 15.9. The van der Waals surface area contributed by atoms with Crippen molar-refractivity contribution in [2.45, 2.75) is 40.3 Å². The Balaban J connectivity index is 1.99. The highest BCUT2D eigenvalue weighted by Crippen LogP contribution is 2.19. The van der Waals surface area contributed by atoms with Crippen LogP contribution in [0.25, 0.3) is 10.2 Å². The lowest BCUT2D eigenvalue weighted by atomic mass is 10.1. The number of benzene rings is 1. The Kier molecular flexibility index (Phi) is 5.08. The molecule has 0 fully saturated rings. The van der Waals surface area contributed by atoms with E-state index in [0.717, 1.165) is 16.8 Å². The van der Waals surface area contributed by atoms with Crippen molar-refractivity contribution in [3.05, 3.63) is 61.6 Å².